The summed E-state index contributed by atoms with van der Waals surface area (Å²) in [6.07, 6.45) is 4.93. The van der Waals surface area contributed by atoms with E-state index in [-0.39, 0.29) is 12.1 Å². The molecule has 4 N–H and O–H groups in total. The Morgan fingerprint density at radius 2 is 1.94 bits per heavy atom. The summed E-state index contributed by atoms with van der Waals surface area (Å²) in [5.74, 6) is 0.988. The van der Waals surface area contributed by atoms with Crippen molar-refractivity contribution in [3.05, 3.63) is 60.4 Å². The Balaban J connectivity index is 1.52. The molecule has 0 atom stereocenters. The molecule has 1 aromatic carbocycles. The van der Waals surface area contributed by atoms with Gasteiger partial charge in [-0.25, -0.2) is 14.8 Å². The molecular formula is C24H25N7O3. The van der Waals surface area contributed by atoms with Crippen LogP contribution in [0.2, 0.25) is 0 Å². The van der Waals surface area contributed by atoms with Gasteiger partial charge in [-0.1, -0.05) is 12.1 Å². The number of hydrogen-bond donors (Lipinski definition) is 3. The van der Waals surface area contributed by atoms with Crippen molar-refractivity contribution in [3.63, 3.8) is 0 Å². The Kier molecular flexibility index (Phi) is 5.72. The van der Waals surface area contributed by atoms with Gasteiger partial charge in [-0.05, 0) is 43.2 Å². The van der Waals surface area contributed by atoms with Crippen molar-refractivity contribution in [2.45, 2.75) is 18.9 Å². The number of fused-ring (bicyclic) bond motifs is 1. The van der Waals surface area contributed by atoms with E-state index in [1.807, 2.05) is 35.0 Å². The molecule has 5 rings (SSSR count). The molecule has 0 amide bonds. The molecule has 1 aliphatic rings. The third kappa shape index (κ3) is 4.11. The van der Waals surface area contributed by atoms with Crippen LogP contribution < -0.4 is 16.0 Å². The lowest BCUT2D eigenvalue weighted by Gasteiger charge is -2.30. The average molecular weight is 460 g/mol. The zero-order chi connectivity index (χ0) is 23.7. The number of nitrogens with zero attached hydrogens (tertiary/aromatic N) is 5. The second-order valence-electron chi connectivity index (χ2n) is 8.10. The number of esters is 1. The zero-order valence-corrected chi connectivity index (χ0v) is 18.7. The number of anilines is 4. The molecule has 174 valence electrons. The third-order valence-corrected chi connectivity index (χ3v) is 5.94. The van der Waals surface area contributed by atoms with Crippen LogP contribution >= 0.6 is 0 Å². The number of hydrogen-bond acceptors (Lipinski definition) is 9. The molecule has 1 aliphatic heterocycles. The summed E-state index contributed by atoms with van der Waals surface area (Å²) in [5, 5.41) is 13.0. The van der Waals surface area contributed by atoms with Crippen molar-refractivity contribution < 1.29 is 14.6 Å². The van der Waals surface area contributed by atoms with Crippen molar-refractivity contribution in [3.8, 4) is 5.69 Å². The number of nitrogen functional groups attached to an aromatic ring is 1. The summed E-state index contributed by atoms with van der Waals surface area (Å²) >= 11 is 0. The van der Waals surface area contributed by atoms with Crippen molar-refractivity contribution in [2.24, 2.45) is 0 Å². The highest BCUT2D eigenvalue weighted by Gasteiger charge is 2.19. The highest BCUT2D eigenvalue weighted by atomic mass is 16.5. The number of nitrogens with one attached hydrogen (secondary N) is 1. The average Bonchev–Trinajstić information content (AvgIpc) is 3.28. The van der Waals surface area contributed by atoms with E-state index in [1.165, 1.54) is 7.11 Å². The maximum Gasteiger partial charge on any atom is 0.339 e. The number of para-hydroxylation sites is 1. The number of aromatic nitrogens is 4. The van der Waals surface area contributed by atoms with E-state index in [9.17, 15) is 9.90 Å². The number of carbonyl (C=O) groups excluding carboxylic acids is 1. The van der Waals surface area contributed by atoms with E-state index in [4.69, 9.17) is 10.5 Å². The Bertz CT molecular complexity index is 1330. The van der Waals surface area contributed by atoms with Gasteiger partial charge in [0.25, 0.3) is 0 Å². The molecule has 10 nitrogen and oxygen atoms in total. The number of carbonyl (C=O) groups is 1. The molecule has 0 bridgehead atoms. The van der Waals surface area contributed by atoms with Crippen LogP contribution in [0.1, 0.15) is 23.2 Å². The number of ether oxygens (including phenoxy) is 1. The maximum absolute atomic E-state index is 12.2. The van der Waals surface area contributed by atoms with Crippen LogP contribution in [0.5, 0.6) is 0 Å². The number of nitrogens with two attached hydrogens (primary N) is 1. The molecular weight excluding hydrogens is 434 g/mol. The first-order valence-electron chi connectivity index (χ1n) is 11.0. The van der Waals surface area contributed by atoms with Gasteiger partial charge in [0, 0.05) is 19.3 Å². The Morgan fingerprint density at radius 3 is 2.68 bits per heavy atom. The molecule has 0 radical (unpaired) electrons. The molecule has 3 aromatic heterocycles. The lowest BCUT2D eigenvalue weighted by molar-refractivity contribution is 0.0602. The number of rotatable bonds is 5. The Hall–Kier alpha value is -4.18. The summed E-state index contributed by atoms with van der Waals surface area (Å²) in [5.41, 5.74) is 9.07. The zero-order valence-electron chi connectivity index (χ0n) is 18.7. The van der Waals surface area contributed by atoms with Gasteiger partial charge in [-0.3, -0.25) is 0 Å². The Morgan fingerprint density at radius 1 is 1.15 bits per heavy atom. The number of piperidine rings is 1. The van der Waals surface area contributed by atoms with Crippen LogP contribution in [0.25, 0.3) is 16.7 Å². The SMILES string of the molecule is COC(=O)c1ccccc1Nc1nc(N)nc2ccn(-c3ccc(N4CCC(O)CC4)nc3)c12. The number of aliphatic hydroxyl groups is 1. The summed E-state index contributed by atoms with van der Waals surface area (Å²) in [6.45, 7) is 1.56. The quantitative estimate of drug-likeness (QED) is 0.385. The largest absolute Gasteiger partial charge is 0.465 e. The molecule has 4 aromatic rings. The fraction of sp³-hybridized carbons (Fsp3) is 0.250. The molecule has 10 heteroatoms. The first kappa shape index (κ1) is 21.7. The predicted octanol–water partition coefficient (Wildman–Crippen LogP) is 2.89. The minimum atomic E-state index is -0.457. The number of methoxy groups -OCH3 is 1. The Labute approximate surface area is 196 Å². The lowest BCUT2D eigenvalue weighted by Crippen LogP contribution is -2.36. The normalized spacial score (nSPS) is 14.4. The van der Waals surface area contributed by atoms with Crippen molar-refractivity contribution in [1.82, 2.24) is 19.5 Å². The maximum atomic E-state index is 12.2. The number of benzene rings is 1. The fourth-order valence-electron chi connectivity index (χ4n) is 4.18. The smallest absolute Gasteiger partial charge is 0.339 e. The highest BCUT2D eigenvalue weighted by molar-refractivity contribution is 5.98. The molecule has 0 unspecified atom stereocenters. The summed E-state index contributed by atoms with van der Waals surface area (Å²) in [6, 6.07) is 12.8. The van der Waals surface area contributed by atoms with Gasteiger partial charge in [-0.2, -0.15) is 4.98 Å². The minimum Gasteiger partial charge on any atom is -0.465 e. The van der Waals surface area contributed by atoms with Gasteiger partial charge in [-0.15, -0.1) is 0 Å². The monoisotopic (exact) mass is 459 g/mol. The highest BCUT2D eigenvalue weighted by Crippen LogP contribution is 2.30. The third-order valence-electron chi connectivity index (χ3n) is 5.94. The van der Waals surface area contributed by atoms with Crippen LogP contribution in [-0.4, -0.2) is 56.9 Å². The second-order valence-corrected chi connectivity index (χ2v) is 8.10. The first-order valence-corrected chi connectivity index (χ1v) is 11.0. The van der Waals surface area contributed by atoms with E-state index in [0.29, 0.717) is 28.1 Å². The van der Waals surface area contributed by atoms with Gasteiger partial charge < -0.3 is 30.4 Å². The van der Waals surface area contributed by atoms with E-state index in [1.54, 1.807) is 24.4 Å². The molecule has 0 aliphatic carbocycles. The number of pyridine rings is 1. The van der Waals surface area contributed by atoms with Crippen LogP contribution in [0.4, 0.5) is 23.3 Å². The van der Waals surface area contributed by atoms with Gasteiger partial charge in [0.05, 0.1) is 41.9 Å². The number of aliphatic hydroxyl groups excluding tert-OH is 1. The molecule has 1 fully saturated rings. The van der Waals surface area contributed by atoms with Gasteiger partial charge in [0.2, 0.25) is 5.95 Å². The topological polar surface area (TPSA) is 131 Å². The van der Waals surface area contributed by atoms with Crippen LogP contribution in [-0.2, 0) is 4.74 Å². The fourth-order valence-corrected chi connectivity index (χ4v) is 4.18. The van der Waals surface area contributed by atoms with Crippen molar-refractivity contribution in [2.75, 3.05) is 36.1 Å². The summed E-state index contributed by atoms with van der Waals surface area (Å²) < 4.78 is 6.83. The van der Waals surface area contributed by atoms with Crippen molar-refractivity contribution in [1.29, 1.82) is 0 Å². The molecule has 0 saturated carbocycles. The molecule has 4 heterocycles. The lowest BCUT2D eigenvalue weighted by atomic mass is 10.1. The summed E-state index contributed by atoms with van der Waals surface area (Å²) in [4.78, 5) is 27.8. The van der Waals surface area contributed by atoms with Crippen LogP contribution in [0.3, 0.4) is 0 Å². The van der Waals surface area contributed by atoms with Crippen LogP contribution in [0, 0.1) is 0 Å². The van der Waals surface area contributed by atoms with E-state index < -0.39 is 5.97 Å². The van der Waals surface area contributed by atoms with Crippen molar-refractivity contribution >= 4 is 40.3 Å². The molecule has 34 heavy (non-hydrogen) atoms. The second kappa shape index (κ2) is 8.99. The van der Waals surface area contributed by atoms with E-state index in [0.717, 1.165) is 37.4 Å². The van der Waals surface area contributed by atoms with Gasteiger partial charge in [0.1, 0.15) is 11.3 Å². The van der Waals surface area contributed by atoms with Crippen LogP contribution in [0.15, 0.2) is 54.9 Å². The van der Waals surface area contributed by atoms with E-state index >= 15 is 0 Å². The predicted molar refractivity (Wildman–Crippen MR) is 130 cm³/mol. The molecule has 0 spiro atoms. The molecule has 1 saturated heterocycles. The van der Waals surface area contributed by atoms with Gasteiger partial charge >= 0.3 is 5.97 Å². The standard InChI is InChI=1S/C24H25N7O3/c1-34-23(33)17-4-2-3-5-18(17)27-22-21-19(28-24(25)29-22)10-13-31(21)15-6-7-20(26-14-15)30-11-8-16(32)9-12-30/h2-7,10,13-14,16,32H,8-9,11-12H2,1H3,(H3,25,27,28,29). The first-order chi connectivity index (χ1) is 16.5. The van der Waals surface area contributed by atoms with Gasteiger partial charge in [0.15, 0.2) is 5.82 Å². The minimum absolute atomic E-state index is 0.115. The summed E-state index contributed by atoms with van der Waals surface area (Å²) in [7, 11) is 1.34. The van der Waals surface area contributed by atoms with E-state index in [2.05, 4.69) is 25.2 Å².